The van der Waals surface area contributed by atoms with E-state index in [1.165, 1.54) is 0 Å². The lowest BCUT2D eigenvalue weighted by atomic mass is 10.2. The minimum absolute atomic E-state index is 0.408. The molecule has 0 radical (unpaired) electrons. The van der Waals surface area contributed by atoms with E-state index >= 15 is 0 Å². The van der Waals surface area contributed by atoms with Crippen molar-refractivity contribution >= 4 is 11.6 Å². The lowest BCUT2D eigenvalue weighted by Crippen LogP contribution is -2.17. The van der Waals surface area contributed by atoms with Crippen molar-refractivity contribution in [3.8, 4) is 11.8 Å². The summed E-state index contributed by atoms with van der Waals surface area (Å²) in [7, 11) is 1.90. The SMILES string of the molecule is CCOc1ccc(CN(C)CC#N)cc1Cl. The van der Waals surface area contributed by atoms with Crippen LogP contribution in [0.3, 0.4) is 0 Å². The third-order valence-electron chi connectivity index (χ3n) is 2.09. The monoisotopic (exact) mass is 238 g/mol. The Kier molecular flexibility index (Phi) is 5.10. The molecule has 3 nitrogen and oxygen atoms in total. The fraction of sp³-hybridized carbons (Fsp3) is 0.417. The minimum Gasteiger partial charge on any atom is -0.492 e. The number of nitrogens with zero attached hydrogens (tertiary/aromatic N) is 2. The maximum Gasteiger partial charge on any atom is 0.137 e. The van der Waals surface area contributed by atoms with E-state index in [1.807, 2.05) is 37.1 Å². The summed E-state index contributed by atoms with van der Waals surface area (Å²) < 4.78 is 5.35. The number of benzene rings is 1. The lowest BCUT2D eigenvalue weighted by Gasteiger charge is -2.13. The first-order chi connectivity index (χ1) is 7.67. The van der Waals surface area contributed by atoms with E-state index < -0.39 is 0 Å². The molecule has 0 amide bonds. The molecule has 0 aromatic heterocycles. The van der Waals surface area contributed by atoms with E-state index in [1.54, 1.807) is 0 Å². The summed E-state index contributed by atoms with van der Waals surface area (Å²) in [6.07, 6.45) is 0. The molecule has 0 atom stereocenters. The Morgan fingerprint density at radius 1 is 1.50 bits per heavy atom. The minimum atomic E-state index is 0.408. The van der Waals surface area contributed by atoms with Gasteiger partial charge < -0.3 is 4.74 Å². The first-order valence-electron chi connectivity index (χ1n) is 5.14. The lowest BCUT2D eigenvalue weighted by molar-refractivity contribution is 0.339. The maximum absolute atomic E-state index is 8.55. The molecule has 0 N–H and O–H groups in total. The fourth-order valence-corrected chi connectivity index (χ4v) is 1.66. The van der Waals surface area contributed by atoms with Crippen LogP contribution in [-0.2, 0) is 6.54 Å². The smallest absolute Gasteiger partial charge is 0.137 e. The van der Waals surface area contributed by atoms with Crippen LogP contribution >= 0.6 is 11.6 Å². The second kappa shape index (κ2) is 6.37. The summed E-state index contributed by atoms with van der Waals surface area (Å²) in [5.74, 6) is 0.704. The summed E-state index contributed by atoms with van der Waals surface area (Å²) >= 11 is 6.06. The molecule has 0 saturated heterocycles. The molecular weight excluding hydrogens is 224 g/mol. The molecular formula is C12H15ClN2O. The average molecular weight is 239 g/mol. The normalized spacial score (nSPS) is 10.2. The molecule has 86 valence electrons. The van der Waals surface area contributed by atoms with Gasteiger partial charge in [0.05, 0.1) is 24.2 Å². The molecule has 0 fully saturated rings. The standard InChI is InChI=1S/C12H15ClN2O/c1-3-16-12-5-4-10(8-11(12)13)9-15(2)7-6-14/h4-5,8H,3,7,9H2,1-2H3. The third-order valence-corrected chi connectivity index (χ3v) is 2.38. The summed E-state index contributed by atoms with van der Waals surface area (Å²) in [4.78, 5) is 1.92. The predicted molar refractivity (Wildman–Crippen MR) is 64.6 cm³/mol. The number of hydrogen-bond donors (Lipinski definition) is 0. The van der Waals surface area contributed by atoms with Gasteiger partial charge in [-0.05, 0) is 31.7 Å². The number of rotatable bonds is 5. The third kappa shape index (κ3) is 3.73. The van der Waals surface area contributed by atoms with E-state index in [2.05, 4.69) is 6.07 Å². The average Bonchev–Trinajstić information content (AvgIpc) is 2.22. The van der Waals surface area contributed by atoms with Crippen molar-refractivity contribution in [1.82, 2.24) is 4.90 Å². The quantitative estimate of drug-likeness (QED) is 0.740. The van der Waals surface area contributed by atoms with Gasteiger partial charge in [0.25, 0.3) is 0 Å². The summed E-state index contributed by atoms with van der Waals surface area (Å²) in [6.45, 7) is 3.64. The Morgan fingerprint density at radius 2 is 2.25 bits per heavy atom. The van der Waals surface area contributed by atoms with E-state index in [0.29, 0.717) is 30.5 Å². The van der Waals surface area contributed by atoms with Gasteiger partial charge in [-0.2, -0.15) is 5.26 Å². The van der Waals surface area contributed by atoms with Gasteiger partial charge in [0.15, 0.2) is 0 Å². The van der Waals surface area contributed by atoms with Crippen LogP contribution in [0, 0.1) is 11.3 Å². The number of nitriles is 1. The first-order valence-corrected chi connectivity index (χ1v) is 5.52. The van der Waals surface area contributed by atoms with E-state index in [-0.39, 0.29) is 0 Å². The van der Waals surface area contributed by atoms with Crippen molar-refractivity contribution in [3.63, 3.8) is 0 Å². The van der Waals surface area contributed by atoms with Crippen LogP contribution in [0.25, 0.3) is 0 Å². The molecule has 1 aromatic rings. The molecule has 16 heavy (non-hydrogen) atoms. The van der Waals surface area contributed by atoms with Crippen LogP contribution in [0.15, 0.2) is 18.2 Å². The second-order valence-corrected chi connectivity index (χ2v) is 3.94. The van der Waals surface area contributed by atoms with Gasteiger partial charge >= 0.3 is 0 Å². The van der Waals surface area contributed by atoms with Crippen LogP contribution in [0.1, 0.15) is 12.5 Å². The fourth-order valence-electron chi connectivity index (χ4n) is 1.40. The van der Waals surface area contributed by atoms with Gasteiger partial charge in [-0.3, -0.25) is 4.90 Å². The van der Waals surface area contributed by atoms with Gasteiger partial charge in [-0.1, -0.05) is 17.7 Å². The first kappa shape index (κ1) is 12.8. The molecule has 1 rings (SSSR count). The van der Waals surface area contributed by atoms with Crippen molar-refractivity contribution in [2.75, 3.05) is 20.2 Å². The number of hydrogen-bond acceptors (Lipinski definition) is 3. The molecule has 0 aliphatic carbocycles. The Morgan fingerprint density at radius 3 is 2.81 bits per heavy atom. The largest absolute Gasteiger partial charge is 0.492 e. The van der Waals surface area contributed by atoms with Crippen molar-refractivity contribution < 1.29 is 4.74 Å². The summed E-state index contributed by atoms with van der Waals surface area (Å²) in [5.41, 5.74) is 1.08. The zero-order valence-corrected chi connectivity index (χ0v) is 10.3. The van der Waals surface area contributed by atoms with E-state index in [4.69, 9.17) is 21.6 Å². The van der Waals surface area contributed by atoms with Gasteiger partial charge in [0, 0.05) is 6.54 Å². The zero-order chi connectivity index (χ0) is 12.0. The van der Waals surface area contributed by atoms with Crippen molar-refractivity contribution in [1.29, 1.82) is 5.26 Å². The molecule has 0 saturated carbocycles. The summed E-state index contributed by atoms with van der Waals surface area (Å²) in [6, 6.07) is 7.80. The summed E-state index contributed by atoms with van der Waals surface area (Å²) in [5, 5.41) is 9.16. The highest BCUT2D eigenvalue weighted by atomic mass is 35.5. The molecule has 0 unspecified atom stereocenters. The highest BCUT2D eigenvalue weighted by Gasteiger charge is 2.04. The van der Waals surface area contributed by atoms with Gasteiger partial charge in [-0.25, -0.2) is 0 Å². The van der Waals surface area contributed by atoms with Gasteiger partial charge in [0.2, 0.25) is 0 Å². The molecule has 0 heterocycles. The molecule has 0 aliphatic rings. The van der Waals surface area contributed by atoms with Crippen molar-refractivity contribution in [2.45, 2.75) is 13.5 Å². The number of halogens is 1. The van der Waals surface area contributed by atoms with Crippen LogP contribution in [-0.4, -0.2) is 25.1 Å². The van der Waals surface area contributed by atoms with Gasteiger partial charge in [-0.15, -0.1) is 0 Å². The molecule has 0 aliphatic heterocycles. The maximum atomic E-state index is 8.55. The Balaban J connectivity index is 2.70. The van der Waals surface area contributed by atoms with Crippen molar-refractivity contribution in [2.24, 2.45) is 0 Å². The second-order valence-electron chi connectivity index (χ2n) is 3.53. The zero-order valence-electron chi connectivity index (χ0n) is 9.53. The highest BCUT2D eigenvalue weighted by molar-refractivity contribution is 6.32. The van der Waals surface area contributed by atoms with Crippen LogP contribution < -0.4 is 4.74 Å². The highest BCUT2D eigenvalue weighted by Crippen LogP contribution is 2.25. The number of ether oxygens (including phenoxy) is 1. The Bertz CT molecular complexity index is 387. The van der Waals surface area contributed by atoms with Crippen LogP contribution in [0.5, 0.6) is 5.75 Å². The van der Waals surface area contributed by atoms with Crippen LogP contribution in [0.2, 0.25) is 5.02 Å². The predicted octanol–water partition coefficient (Wildman–Crippen LogP) is 2.69. The van der Waals surface area contributed by atoms with E-state index in [0.717, 1.165) is 5.56 Å². The topological polar surface area (TPSA) is 36.3 Å². The molecule has 1 aromatic carbocycles. The van der Waals surface area contributed by atoms with E-state index in [9.17, 15) is 0 Å². The molecule has 4 heteroatoms. The molecule has 0 bridgehead atoms. The Hall–Kier alpha value is -1.24. The van der Waals surface area contributed by atoms with Gasteiger partial charge in [0.1, 0.15) is 5.75 Å². The Labute approximate surface area is 101 Å². The van der Waals surface area contributed by atoms with Crippen LogP contribution in [0.4, 0.5) is 0 Å². The molecule has 0 spiro atoms. The van der Waals surface area contributed by atoms with Crippen molar-refractivity contribution in [3.05, 3.63) is 28.8 Å².